The average molecular weight is 386 g/mol. The summed E-state index contributed by atoms with van der Waals surface area (Å²) >= 11 is 6.99. The largest absolute Gasteiger partial charge is 0.435 e. The maximum absolute atomic E-state index is 12.5. The predicted octanol–water partition coefficient (Wildman–Crippen LogP) is 4.58. The molecule has 3 aromatic rings. The fourth-order valence-electron chi connectivity index (χ4n) is 2.08. The minimum absolute atomic E-state index is 0.303. The van der Waals surface area contributed by atoms with Gasteiger partial charge in [0.25, 0.3) is 0 Å². The zero-order valence-corrected chi connectivity index (χ0v) is 14.4. The number of nitrogens with zero attached hydrogens (tertiary/aromatic N) is 5. The van der Waals surface area contributed by atoms with E-state index in [1.807, 2.05) is 23.6 Å². The van der Waals surface area contributed by atoms with Crippen LogP contribution in [0.5, 0.6) is 0 Å². The number of hydrogen-bond donors (Lipinski definition) is 0. The summed E-state index contributed by atoms with van der Waals surface area (Å²) in [6.45, 7) is 2.51. The summed E-state index contributed by atoms with van der Waals surface area (Å²) in [5.41, 5.74) is -0.195. The standard InChI is InChI=1S/C15H11ClF3N5S/c1-2-24-13(9-3-5-10(16)6-4-9)22-23-14(24)25-12-8-7-11(20-21-12)15(17,18)19/h3-8H,2H2,1H3. The number of alkyl halides is 3. The Bertz CT molecular complexity index is 862. The smallest absolute Gasteiger partial charge is 0.302 e. The molecule has 10 heteroatoms. The fourth-order valence-corrected chi connectivity index (χ4v) is 3.02. The van der Waals surface area contributed by atoms with Crippen molar-refractivity contribution in [2.24, 2.45) is 0 Å². The van der Waals surface area contributed by atoms with Crippen LogP contribution in [0.4, 0.5) is 13.2 Å². The van der Waals surface area contributed by atoms with Gasteiger partial charge in [-0.3, -0.25) is 0 Å². The van der Waals surface area contributed by atoms with E-state index in [0.717, 1.165) is 23.4 Å². The van der Waals surface area contributed by atoms with Crippen molar-refractivity contribution in [1.82, 2.24) is 25.0 Å². The third-order valence-corrected chi connectivity index (χ3v) is 4.43. The van der Waals surface area contributed by atoms with Crippen LogP contribution in [0.15, 0.2) is 46.6 Å². The van der Waals surface area contributed by atoms with Gasteiger partial charge in [-0.2, -0.15) is 13.2 Å². The number of halogens is 4. The Morgan fingerprint density at radius 1 is 1.00 bits per heavy atom. The number of hydrogen-bond acceptors (Lipinski definition) is 5. The third-order valence-electron chi connectivity index (χ3n) is 3.26. The van der Waals surface area contributed by atoms with Crippen LogP contribution in [0.1, 0.15) is 12.6 Å². The Morgan fingerprint density at radius 2 is 1.72 bits per heavy atom. The highest BCUT2D eigenvalue weighted by Crippen LogP contribution is 2.31. The summed E-state index contributed by atoms with van der Waals surface area (Å²) in [5, 5.41) is 16.5. The Balaban J connectivity index is 1.87. The molecule has 0 fully saturated rings. The Morgan fingerprint density at radius 3 is 2.28 bits per heavy atom. The molecule has 0 aliphatic heterocycles. The van der Waals surface area contributed by atoms with Gasteiger partial charge in [0.15, 0.2) is 16.7 Å². The molecule has 3 rings (SSSR count). The average Bonchev–Trinajstić information content (AvgIpc) is 2.98. The van der Waals surface area contributed by atoms with Gasteiger partial charge in [-0.25, -0.2) is 0 Å². The minimum Gasteiger partial charge on any atom is -0.302 e. The first-order chi connectivity index (χ1) is 11.9. The molecule has 0 saturated heterocycles. The van der Waals surface area contributed by atoms with Gasteiger partial charge < -0.3 is 4.57 Å². The van der Waals surface area contributed by atoms with Gasteiger partial charge in [0.05, 0.1) is 0 Å². The van der Waals surface area contributed by atoms with Gasteiger partial charge in [-0.05, 0) is 55.1 Å². The summed E-state index contributed by atoms with van der Waals surface area (Å²) < 4.78 is 39.5. The van der Waals surface area contributed by atoms with E-state index in [1.165, 1.54) is 6.07 Å². The lowest BCUT2D eigenvalue weighted by Crippen LogP contribution is -2.09. The Labute approximate surface area is 150 Å². The lowest BCUT2D eigenvalue weighted by molar-refractivity contribution is -0.141. The van der Waals surface area contributed by atoms with E-state index in [1.54, 1.807) is 12.1 Å². The Hall–Kier alpha value is -2.13. The zero-order chi connectivity index (χ0) is 18.0. The van der Waals surface area contributed by atoms with Crippen LogP contribution >= 0.6 is 23.4 Å². The highest BCUT2D eigenvalue weighted by Gasteiger charge is 2.33. The van der Waals surface area contributed by atoms with E-state index in [-0.39, 0.29) is 0 Å². The van der Waals surface area contributed by atoms with Crippen LogP contribution in [-0.4, -0.2) is 25.0 Å². The zero-order valence-electron chi connectivity index (χ0n) is 12.8. The normalized spacial score (nSPS) is 11.7. The first-order valence-corrected chi connectivity index (χ1v) is 8.36. The maximum Gasteiger partial charge on any atom is 0.435 e. The third kappa shape index (κ3) is 3.93. The second-order valence-corrected chi connectivity index (χ2v) is 6.34. The highest BCUT2D eigenvalue weighted by molar-refractivity contribution is 7.99. The van der Waals surface area contributed by atoms with Crippen molar-refractivity contribution in [1.29, 1.82) is 0 Å². The predicted molar refractivity (Wildman–Crippen MR) is 87.3 cm³/mol. The van der Waals surface area contributed by atoms with Crippen LogP contribution in [0.2, 0.25) is 5.02 Å². The SMILES string of the molecule is CCn1c(Sc2ccc(C(F)(F)F)nn2)nnc1-c1ccc(Cl)cc1. The van der Waals surface area contributed by atoms with Gasteiger partial charge >= 0.3 is 6.18 Å². The summed E-state index contributed by atoms with van der Waals surface area (Å²) in [4.78, 5) is 0. The molecule has 2 heterocycles. The van der Waals surface area contributed by atoms with Crippen LogP contribution in [0, 0.1) is 0 Å². The van der Waals surface area contributed by atoms with Gasteiger partial charge in [0.2, 0.25) is 0 Å². The van der Waals surface area contributed by atoms with Crippen molar-refractivity contribution >= 4 is 23.4 Å². The number of aromatic nitrogens is 5. The quantitative estimate of drug-likeness (QED) is 0.658. The molecule has 0 atom stereocenters. The number of rotatable bonds is 4. The topological polar surface area (TPSA) is 56.5 Å². The first-order valence-electron chi connectivity index (χ1n) is 7.16. The molecule has 2 aromatic heterocycles. The van der Waals surface area contributed by atoms with Crippen LogP contribution < -0.4 is 0 Å². The van der Waals surface area contributed by atoms with Crippen molar-refractivity contribution in [2.75, 3.05) is 0 Å². The van der Waals surface area contributed by atoms with Crippen molar-refractivity contribution in [3.05, 3.63) is 47.1 Å². The molecule has 5 nitrogen and oxygen atoms in total. The molecule has 0 saturated carbocycles. The van der Waals surface area contributed by atoms with E-state index in [0.29, 0.717) is 27.6 Å². The molecule has 0 N–H and O–H groups in total. The minimum atomic E-state index is -4.51. The molecule has 0 radical (unpaired) electrons. The summed E-state index contributed by atoms with van der Waals surface area (Å²) in [5.74, 6) is 0.640. The van der Waals surface area contributed by atoms with Gasteiger partial charge in [0.1, 0.15) is 5.03 Å². The molecule has 0 aliphatic carbocycles. The first kappa shape index (κ1) is 17.7. The maximum atomic E-state index is 12.5. The Kier molecular flexibility index (Phi) is 4.96. The molecule has 0 spiro atoms. The molecule has 0 amide bonds. The van der Waals surface area contributed by atoms with Crippen molar-refractivity contribution in [3.63, 3.8) is 0 Å². The molecule has 25 heavy (non-hydrogen) atoms. The molecule has 0 aliphatic rings. The lowest BCUT2D eigenvalue weighted by Gasteiger charge is -2.07. The van der Waals surface area contributed by atoms with Crippen LogP contribution in [-0.2, 0) is 12.7 Å². The van der Waals surface area contributed by atoms with Gasteiger partial charge in [0, 0.05) is 17.1 Å². The molecule has 0 bridgehead atoms. The second-order valence-electron chi connectivity index (χ2n) is 4.91. The van der Waals surface area contributed by atoms with Gasteiger partial charge in [-0.15, -0.1) is 20.4 Å². The number of benzene rings is 1. The monoisotopic (exact) mass is 385 g/mol. The van der Waals surface area contributed by atoms with Crippen molar-refractivity contribution < 1.29 is 13.2 Å². The van der Waals surface area contributed by atoms with Crippen molar-refractivity contribution in [3.8, 4) is 11.4 Å². The second kappa shape index (κ2) is 7.01. The van der Waals surface area contributed by atoms with Gasteiger partial charge in [-0.1, -0.05) is 11.6 Å². The van der Waals surface area contributed by atoms with Crippen molar-refractivity contribution in [2.45, 2.75) is 29.8 Å². The molecule has 1 aromatic carbocycles. The lowest BCUT2D eigenvalue weighted by atomic mass is 10.2. The molecular weight excluding hydrogens is 375 g/mol. The van der Waals surface area contributed by atoms with E-state index < -0.39 is 11.9 Å². The fraction of sp³-hybridized carbons (Fsp3) is 0.200. The summed E-state index contributed by atoms with van der Waals surface area (Å²) in [6, 6.07) is 9.30. The van der Waals surface area contributed by atoms with E-state index >= 15 is 0 Å². The van der Waals surface area contributed by atoms with Crippen LogP contribution in [0.3, 0.4) is 0 Å². The van der Waals surface area contributed by atoms with E-state index in [4.69, 9.17) is 11.6 Å². The summed E-state index contributed by atoms with van der Waals surface area (Å²) in [6.07, 6.45) is -4.51. The molecule has 0 unspecified atom stereocenters. The van der Waals surface area contributed by atoms with Crippen LogP contribution in [0.25, 0.3) is 11.4 Å². The van der Waals surface area contributed by atoms with E-state index in [9.17, 15) is 13.2 Å². The molecule has 130 valence electrons. The summed E-state index contributed by atoms with van der Waals surface area (Å²) in [7, 11) is 0. The van der Waals surface area contributed by atoms with E-state index in [2.05, 4.69) is 20.4 Å². The molecular formula is C15H11ClF3N5S. The highest BCUT2D eigenvalue weighted by atomic mass is 35.5.